The summed E-state index contributed by atoms with van der Waals surface area (Å²) in [4.78, 5) is 0. The Balaban J connectivity index is 0.00000147. The molecule has 0 aromatic heterocycles. The molecule has 0 bridgehead atoms. The van der Waals surface area contributed by atoms with Crippen LogP contribution in [0.4, 0.5) is 0 Å². The molecule has 0 aliphatic rings. The van der Waals surface area contributed by atoms with Gasteiger partial charge in [0.1, 0.15) is 5.75 Å². The summed E-state index contributed by atoms with van der Waals surface area (Å²) in [6, 6.07) is 25.7. The van der Waals surface area contributed by atoms with Gasteiger partial charge in [0.2, 0.25) is 0 Å². The van der Waals surface area contributed by atoms with E-state index in [1.54, 1.807) is 6.07 Å². The Bertz CT molecular complexity index is 678. The van der Waals surface area contributed by atoms with E-state index in [2.05, 4.69) is 12.1 Å². The van der Waals surface area contributed by atoms with Crippen molar-refractivity contribution in [2.45, 2.75) is 0 Å². The van der Waals surface area contributed by atoms with Crippen LogP contribution in [0.15, 0.2) is 78.9 Å². The van der Waals surface area contributed by atoms with E-state index in [1.807, 2.05) is 60.7 Å². The van der Waals surface area contributed by atoms with E-state index in [9.17, 15) is 5.11 Å². The number of aromatic hydroxyl groups is 1. The summed E-state index contributed by atoms with van der Waals surface area (Å²) in [5.74, 6) is 0.313. The van der Waals surface area contributed by atoms with Crippen molar-refractivity contribution in [2.24, 2.45) is 0 Å². The summed E-state index contributed by atoms with van der Waals surface area (Å²) >= 11 is 0. The Morgan fingerprint density at radius 3 is 1.70 bits per heavy atom. The quantitative estimate of drug-likeness (QED) is 0.679. The van der Waals surface area contributed by atoms with Crippen molar-refractivity contribution >= 4 is 0 Å². The number of phenolic OH excluding ortho intramolecular Hbond substituents is 1. The van der Waals surface area contributed by atoms with Gasteiger partial charge in [-0.3, -0.25) is 0 Å². The predicted octanol–water partition coefficient (Wildman–Crippen LogP) is 4.72. The molecule has 0 spiro atoms. The van der Waals surface area contributed by atoms with Crippen molar-refractivity contribution in [3.05, 3.63) is 78.9 Å². The van der Waals surface area contributed by atoms with Crippen LogP contribution in [0.2, 0.25) is 0 Å². The molecule has 1 N–H and O–H groups in total. The van der Waals surface area contributed by atoms with Gasteiger partial charge in [0.25, 0.3) is 0 Å². The first kappa shape index (κ1) is 14.5. The molecule has 1 nitrogen and oxygen atoms in total. The molecule has 0 unspecified atom stereocenters. The minimum Gasteiger partial charge on any atom is -0.507 e. The van der Waals surface area contributed by atoms with Gasteiger partial charge in [-0.05, 0) is 22.8 Å². The average Bonchev–Trinajstić information content (AvgIpc) is 2.49. The molecule has 3 rings (SSSR count). The Morgan fingerprint density at radius 1 is 0.550 bits per heavy atom. The van der Waals surface area contributed by atoms with Crippen molar-refractivity contribution in [2.75, 3.05) is 0 Å². The van der Waals surface area contributed by atoms with E-state index in [1.165, 1.54) is 0 Å². The van der Waals surface area contributed by atoms with Gasteiger partial charge in [-0.2, -0.15) is 0 Å². The molecule has 20 heavy (non-hydrogen) atoms. The third kappa shape index (κ3) is 2.81. The molecule has 2 heteroatoms. The van der Waals surface area contributed by atoms with Gasteiger partial charge in [0.15, 0.2) is 0 Å². The van der Waals surface area contributed by atoms with Crippen LogP contribution >= 0.6 is 0 Å². The van der Waals surface area contributed by atoms with E-state index in [-0.39, 0.29) is 19.5 Å². The molecule has 94 valence electrons. The zero-order chi connectivity index (χ0) is 13.1. The first-order valence-electron chi connectivity index (χ1n) is 6.29. The Labute approximate surface area is 131 Å². The van der Waals surface area contributed by atoms with E-state index in [0.717, 1.165) is 22.3 Å². The number of phenols is 1. The third-order valence-corrected chi connectivity index (χ3v) is 3.19. The van der Waals surface area contributed by atoms with Crippen LogP contribution in [0.1, 0.15) is 0 Å². The van der Waals surface area contributed by atoms with Crippen LogP contribution in [0.25, 0.3) is 22.3 Å². The summed E-state index contributed by atoms with van der Waals surface area (Å²) in [6.07, 6.45) is 0. The molecule has 0 amide bonds. The smallest absolute Gasteiger partial charge is 0.124 e. The number of hydrogen-bond acceptors (Lipinski definition) is 1. The normalized spacial score (nSPS) is 9.80. The minimum atomic E-state index is 0. The topological polar surface area (TPSA) is 20.2 Å². The number of benzene rings is 3. The maximum absolute atomic E-state index is 10.2. The van der Waals surface area contributed by atoms with Crippen LogP contribution in [-0.4, -0.2) is 5.11 Å². The first-order chi connectivity index (χ1) is 9.36. The van der Waals surface area contributed by atoms with Gasteiger partial charge in [-0.1, -0.05) is 72.8 Å². The molecule has 0 saturated heterocycles. The summed E-state index contributed by atoms with van der Waals surface area (Å²) < 4.78 is 0. The van der Waals surface area contributed by atoms with Crippen LogP contribution in [-0.2, 0) is 19.5 Å². The van der Waals surface area contributed by atoms with Gasteiger partial charge in [0, 0.05) is 25.0 Å². The van der Waals surface area contributed by atoms with Crippen molar-refractivity contribution in [3.63, 3.8) is 0 Å². The Morgan fingerprint density at radius 2 is 1.10 bits per heavy atom. The predicted molar refractivity (Wildman–Crippen MR) is 79.0 cm³/mol. The first-order valence-corrected chi connectivity index (χ1v) is 6.29. The minimum absolute atomic E-state index is 0. The fraction of sp³-hybridized carbons (Fsp3) is 0. The van der Waals surface area contributed by atoms with Crippen LogP contribution in [0.3, 0.4) is 0 Å². The van der Waals surface area contributed by atoms with Crippen molar-refractivity contribution in [1.82, 2.24) is 0 Å². The second-order valence-corrected chi connectivity index (χ2v) is 4.43. The van der Waals surface area contributed by atoms with Crippen molar-refractivity contribution in [3.8, 4) is 28.0 Å². The second kappa shape index (κ2) is 6.50. The van der Waals surface area contributed by atoms with E-state index in [0.29, 0.717) is 5.75 Å². The Kier molecular flexibility index (Phi) is 4.71. The molecule has 0 aliphatic carbocycles. The zero-order valence-corrected chi connectivity index (χ0v) is 14.1. The molecular formula is C18H14OZn. The SMILES string of the molecule is Oc1cccc(-c2ccccc2)c1-c1ccccc1.[Zn]. The molecule has 0 radical (unpaired) electrons. The zero-order valence-electron chi connectivity index (χ0n) is 11.2. The van der Waals surface area contributed by atoms with Crippen molar-refractivity contribution in [1.29, 1.82) is 0 Å². The summed E-state index contributed by atoms with van der Waals surface area (Å²) in [6.45, 7) is 0. The van der Waals surface area contributed by atoms with Crippen LogP contribution in [0, 0.1) is 0 Å². The van der Waals surface area contributed by atoms with E-state index < -0.39 is 0 Å². The van der Waals surface area contributed by atoms with Gasteiger partial charge < -0.3 is 5.11 Å². The molecule has 3 aromatic rings. The van der Waals surface area contributed by atoms with Gasteiger partial charge in [-0.25, -0.2) is 0 Å². The van der Waals surface area contributed by atoms with Crippen molar-refractivity contribution < 1.29 is 24.6 Å². The molecule has 0 atom stereocenters. The molecule has 0 aliphatic heterocycles. The standard InChI is InChI=1S/C18H14O.Zn/c19-17-13-7-12-16(14-8-3-1-4-9-14)18(17)15-10-5-2-6-11-15;/h1-13,19H;. The third-order valence-electron chi connectivity index (χ3n) is 3.19. The second-order valence-electron chi connectivity index (χ2n) is 4.43. The van der Waals surface area contributed by atoms with Crippen LogP contribution < -0.4 is 0 Å². The van der Waals surface area contributed by atoms with Gasteiger partial charge in [0.05, 0.1) is 0 Å². The molecular weight excluding hydrogens is 298 g/mol. The summed E-state index contributed by atoms with van der Waals surface area (Å²) in [7, 11) is 0. The maximum Gasteiger partial charge on any atom is 0.124 e. The molecule has 3 aromatic carbocycles. The largest absolute Gasteiger partial charge is 0.507 e. The molecule has 0 heterocycles. The number of rotatable bonds is 2. The summed E-state index contributed by atoms with van der Waals surface area (Å²) in [5, 5.41) is 10.2. The van der Waals surface area contributed by atoms with Gasteiger partial charge >= 0.3 is 0 Å². The van der Waals surface area contributed by atoms with E-state index in [4.69, 9.17) is 0 Å². The monoisotopic (exact) mass is 310 g/mol. The number of hydrogen-bond donors (Lipinski definition) is 1. The van der Waals surface area contributed by atoms with Crippen LogP contribution in [0.5, 0.6) is 5.75 Å². The molecule has 0 fully saturated rings. The van der Waals surface area contributed by atoms with E-state index >= 15 is 0 Å². The maximum atomic E-state index is 10.2. The fourth-order valence-corrected chi connectivity index (χ4v) is 2.31. The summed E-state index contributed by atoms with van der Waals surface area (Å²) in [5.41, 5.74) is 4.07. The Hall–Kier alpha value is -1.92. The average molecular weight is 312 g/mol. The fourth-order valence-electron chi connectivity index (χ4n) is 2.31. The molecule has 0 saturated carbocycles. The van der Waals surface area contributed by atoms with Gasteiger partial charge in [-0.15, -0.1) is 0 Å².